The predicted molar refractivity (Wildman–Crippen MR) is 75.6 cm³/mol. The molecule has 0 atom stereocenters. The smallest absolute Gasteiger partial charge is 0.233 e. The van der Waals surface area contributed by atoms with E-state index in [2.05, 4.69) is 10.6 Å². The highest BCUT2D eigenvalue weighted by atomic mass is 32.1. The van der Waals surface area contributed by atoms with Gasteiger partial charge < -0.3 is 21.1 Å². The Morgan fingerprint density at radius 3 is 2.47 bits per heavy atom. The van der Waals surface area contributed by atoms with Crippen molar-refractivity contribution in [2.24, 2.45) is 11.1 Å². The van der Waals surface area contributed by atoms with E-state index in [9.17, 15) is 9.59 Å². The molecular formula is C12H21N3O3S. The highest BCUT2D eigenvalue weighted by molar-refractivity contribution is 7.80. The summed E-state index contributed by atoms with van der Waals surface area (Å²) in [5, 5.41) is 5.41. The van der Waals surface area contributed by atoms with E-state index >= 15 is 0 Å². The summed E-state index contributed by atoms with van der Waals surface area (Å²) in [5.74, 6) is -0.285. The molecule has 0 aromatic heterocycles. The zero-order valence-corrected chi connectivity index (χ0v) is 12.0. The predicted octanol–water partition coefficient (Wildman–Crippen LogP) is -0.288. The van der Waals surface area contributed by atoms with E-state index in [-0.39, 0.29) is 29.8 Å². The second kappa shape index (κ2) is 7.40. The minimum atomic E-state index is -0.825. The van der Waals surface area contributed by atoms with E-state index in [1.807, 2.05) is 6.92 Å². The van der Waals surface area contributed by atoms with Crippen molar-refractivity contribution >= 4 is 29.0 Å². The molecule has 6 nitrogen and oxygen atoms in total. The van der Waals surface area contributed by atoms with Gasteiger partial charge in [0.05, 0.1) is 4.99 Å². The van der Waals surface area contributed by atoms with Crippen LogP contribution in [0, 0.1) is 5.41 Å². The van der Waals surface area contributed by atoms with E-state index in [4.69, 9.17) is 22.7 Å². The van der Waals surface area contributed by atoms with Gasteiger partial charge in [-0.25, -0.2) is 0 Å². The summed E-state index contributed by atoms with van der Waals surface area (Å²) >= 11 is 5.03. The van der Waals surface area contributed by atoms with Crippen LogP contribution < -0.4 is 16.4 Å². The quantitative estimate of drug-likeness (QED) is 0.584. The third kappa shape index (κ3) is 4.14. The lowest BCUT2D eigenvalue weighted by atomic mass is 9.79. The number of carbonyl (C=O) groups is 2. The summed E-state index contributed by atoms with van der Waals surface area (Å²) in [6.45, 7) is 3.67. The third-order valence-corrected chi connectivity index (χ3v) is 3.65. The lowest BCUT2D eigenvalue weighted by Crippen LogP contribution is -2.52. The van der Waals surface area contributed by atoms with Gasteiger partial charge in [0, 0.05) is 32.7 Å². The highest BCUT2D eigenvalue weighted by Gasteiger charge is 2.42. The van der Waals surface area contributed by atoms with E-state index in [0.29, 0.717) is 32.6 Å². The first-order chi connectivity index (χ1) is 9.03. The van der Waals surface area contributed by atoms with Crippen LogP contribution in [0.1, 0.15) is 26.2 Å². The molecule has 1 rings (SSSR count). The zero-order valence-electron chi connectivity index (χ0n) is 11.2. The van der Waals surface area contributed by atoms with Gasteiger partial charge in [0.15, 0.2) is 0 Å². The summed E-state index contributed by atoms with van der Waals surface area (Å²) in [5.41, 5.74) is 4.89. The number of thiocarbonyl (C=S) groups is 1. The molecular weight excluding hydrogens is 266 g/mol. The van der Waals surface area contributed by atoms with Crippen LogP contribution in [-0.2, 0) is 14.3 Å². The van der Waals surface area contributed by atoms with E-state index in [0.717, 1.165) is 0 Å². The SMILES string of the molecule is CCNC(=O)CCNC(=O)C1(C(N)=S)CCOCC1. The van der Waals surface area contributed by atoms with Crippen molar-refractivity contribution < 1.29 is 14.3 Å². The first-order valence-corrected chi connectivity index (χ1v) is 6.86. The van der Waals surface area contributed by atoms with Crippen LogP contribution in [0.25, 0.3) is 0 Å². The Morgan fingerprint density at radius 1 is 1.32 bits per heavy atom. The molecule has 1 saturated heterocycles. The second-order valence-corrected chi connectivity index (χ2v) is 4.96. The number of ether oxygens (including phenoxy) is 1. The average Bonchev–Trinajstić information content (AvgIpc) is 2.39. The van der Waals surface area contributed by atoms with Crippen LogP contribution in [0.4, 0.5) is 0 Å². The minimum absolute atomic E-state index is 0.0841. The average molecular weight is 287 g/mol. The van der Waals surface area contributed by atoms with Crippen LogP contribution >= 0.6 is 12.2 Å². The molecule has 0 unspecified atom stereocenters. The first-order valence-electron chi connectivity index (χ1n) is 6.45. The Balaban J connectivity index is 2.49. The van der Waals surface area contributed by atoms with Gasteiger partial charge in [-0.2, -0.15) is 0 Å². The van der Waals surface area contributed by atoms with E-state index in [1.54, 1.807) is 0 Å². The summed E-state index contributed by atoms with van der Waals surface area (Å²) in [4.78, 5) is 23.7. The largest absolute Gasteiger partial charge is 0.392 e. The lowest BCUT2D eigenvalue weighted by Gasteiger charge is -2.34. The van der Waals surface area contributed by atoms with Crippen molar-refractivity contribution in [2.45, 2.75) is 26.2 Å². The molecule has 0 spiro atoms. The van der Waals surface area contributed by atoms with Crippen molar-refractivity contribution in [3.05, 3.63) is 0 Å². The van der Waals surface area contributed by atoms with Crippen LogP contribution in [0.15, 0.2) is 0 Å². The molecule has 1 aliphatic rings. The first kappa shape index (κ1) is 15.8. The Hall–Kier alpha value is -1.21. The maximum atomic E-state index is 12.2. The van der Waals surface area contributed by atoms with Gasteiger partial charge in [0.25, 0.3) is 0 Å². The molecule has 1 aliphatic heterocycles. The Morgan fingerprint density at radius 2 is 1.95 bits per heavy atom. The molecule has 0 aromatic rings. The summed E-state index contributed by atoms with van der Waals surface area (Å²) in [6, 6.07) is 0. The fourth-order valence-electron chi connectivity index (χ4n) is 2.05. The van der Waals surface area contributed by atoms with Gasteiger partial charge in [-0.05, 0) is 19.8 Å². The van der Waals surface area contributed by atoms with Gasteiger partial charge in [-0.15, -0.1) is 0 Å². The van der Waals surface area contributed by atoms with Crippen molar-refractivity contribution in [3.8, 4) is 0 Å². The fraction of sp³-hybridized carbons (Fsp3) is 0.750. The number of hydrogen-bond acceptors (Lipinski definition) is 4. The molecule has 0 bridgehead atoms. The Labute approximate surface area is 118 Å². The number of nitrogens with one attached hydrogen (secondary N) is 2. The van der Waals surface area contributed by atoms with Gasteiger partial charge in [0.2, 0.25) is 11.8 Å². The maximum Gasteiger partial charge on any atom is 0.233 e. The molecule has 1 fully saturated rings. The fourth-order valence-corrected chi connectivity index (χ4v) is 2.35. The molecule has 0 radical (unpaired) electrons. The van der Waals surface area contributed by atoms with Crippen molar-refractivity contribution in [1.82, 2.24) is 10.6 Å². The minimum Gasteiger partial charge on any atom is -0.392 e. The normalized spacial score (nSPS) is 17.5. The summed E-state index contributed by atoms with van der Waals surface area (Å²) in [6.07, 6.45) is 1.24. The molecule has 1 heterocycles. The summed E-state index contributed by atoms with van der Waals surface area (Å²) < 4.78 is 5.24. The zero-order chi connectivity index (χ0) is 14.3. The molecule has 4 N–H and O–H groups in total. The third-order valence-electron chi connectivity index (χ3n) is 3.26. The van der Waals surface area contributed by atoms with Crippen LogP contribution in [0.2, 0.25) is 0 Å². The van der Waals surface area contributed by atoms with Gasteiger partial charge >= 0.3 is 0 Å². The van der Waals surface area contributed by atoms with Crippen LogP contribution in [0.3, 0.4) is 0 Å². The topological polar surface area (TPSA) is 93.5 Å². The summed E-state index contributed by atoms with van der Waals surface area (Å²) in [7, 11) is 0. The van der Waals surface area contributed by atoms with Crippen molar-refractivity contribution in [2.75, 3.05) is 26.3 Å². The molecule has 0 aromatic carbocycles. The lowest BCUT2D eigenvalue weighted by molar-refractivity contribution is -0.131. The number of hydrogen-bond donors (Lipinski definition) is 3. The van der Waals surface area contributed by atoms with Crippen molar-refractivity contribution in [1.29, 1.82) is 0 Å². The van der Waals surface area contributed by atoms with E-state index < -0.39 is 5.41 Å². The molecule has 108 valence electrons. The number of amides is 2. The van der Waals surface area contributed by atoms with Gasteiger partial charge in [-0.1, -0.05) is 12.2 Å². The molecule has 19 heavy (non-hydrogen) atoms. The highest BCUT2D eigenvalue weighted by Crippen LogP contribution is 2.31. The maximum absolute atomic E-state index is 12.2. The molecule has 0 aliphatic carbocycles. The molecule has 0 saturated carbocycles. The Kier molecular flexibility index (Phi) is 6.17. The van der Waals surface area contributed by atoms with Crippen molar-refractivity contribution in [3.63, 3.8) is 0 Å². The van der Waals surface area contributed by atoms with Crippen LogP contribution in [-0.4, -0.2) is 43.1 Å². The number of rotatable bonds is 6. The second-order valence-electron chi connectivity index (χ2n) is 4.52. The molecule has 2 amide bonds. The Bertz CT molecular complexity index is 354. The number of nitrogens with two attached hydrogens (primary N) is 1. The standard InChI is InChI=1S/C12H21N3O3S/c1-2-14-9(16)3-6-15-11(17)12(10(13)19)4-7-18-8-5-12/h2-8H2,1H3,(H2,13,19)(H,14,16)(H,15,17). The van der Waals surface area contributed by atoms with E-state index in [1.165, 1.54) is 0 Å². The number of carbonyl (C=O) groups excluding carboxylic acids is 2. The monoisotopic (exact) mass is 287 g/mol. The van der Waals surface area contributed by atoms with Gasteiger partial charge in [0.1, 0.15) is 5.41 Å². The van der Waals surface area contributed by atoms with Gasteiger partial charge in [-0.3, -0.25) is 9.59 Å². The van der Waals surface area contributed by atoms with Crippen LogP contribution in [0.5, 0.6) is 0 Å². The molecule has 7 heteroatoms.